The van der Waals surface area contributed by atoms with Crippen molar-refractivity contribution in [1.29, 1.82) is 0 Å². The first-order valence-corrected chi connectivity index (χ1v) is 19.8. The van der Waals surface area contributed by atoms with Gasteiger partial charge in [-0.25, -0.2) is 9.97 Å². The molecule has 0 aliphatic heterocycles. The molecule has 5 heteroatoms. The topological polar surface area (TPSA) is 55.3 Å². The van der Waals surface area contributed by atoms with E-state index in [2.05, 4.69) is 163 Å². The molecule has 0 aliphatic rings. The Kier molecular flexibility index (Phi) is 7.47. The summed E-state index contributed by atoms with van der Waals surface area (Å²) >= 11 is 0. The average molecular weight is 756 g/mol. The number of rotatable bonds is 6. The van der Waals surface area contributed by atoms with Crippen molar-refractivity contribution < 1.29 is 8.83 Å². The second-order valence-electron chi connectivity index (χ2n) is 15.0. The second-order valence-corrected chi connectivity index (χ2v) is 15.0. The molecule has 0 N–H and O–H groups in total. The molecule has 0 unspecified atom stereocenters. The highest BCUT2D eigenvalue weighted by atomic mass is 16.3. The van der Waals surface area contributed by atoms with Gasteiger partial charge < -0.3 is 13.7 Å². The summed E-state index contributed by atoms with van der Waals surface area (Å²) in [6.07, 6.45) is 0. The van der Waals surface area contributed by atoms with Crippen molar-refractivity contribution in [3.05, 3.63) is 200 Å². The van der Waals surface area contributed by atoms with Gasteiger partial charge in [0.2, 0.25) is 0 Å². The number of hydrogen-bond donors (Lipinski definition) is 0. The maximum atomic E-state index is 6.90. The predicted molar refractivity (Wildman–Crippen MR) is 243 cm³/mol. The van der Waals surface area contributed by atoms with Gasteiger partial charge in [0, 0.05) is 49.6 Å². The van der Waals surface area contributed by atoms with Crippen molar-refractivity contribution in [2.75, 3.05) is 4.90 Å². The fourth-order valence-corrected chi connectivity index (χ4v) is 8.59. The van der Waals surface area contributed by atoms with Gasteiger partial charge in [-0.3, -0.25) is 0 Å². The number of hydrogen-bond acceptors (Lipinski definition) is 5. The third kappa shape index (κ3) is 5.55. The van der Waals surface area contributed by atoms with Crippen LogP contribution < -0.4 is 4.90 Å². The number of furan rings is 2. The second kappa shape index (κ2) is 13.3. The van der Waals surface area contributed by atoms with Crippen molar-refractivity contribution in [1.82, 2.24) is 9.97 Å². The molecule has 276 valence electrons. The molecule has 0 aliphatic carbocycles. The van der Waals surface area contributed by atoms with Crippen molar-refractivity contribution in [2.45, 2.75) is 0 Å². The number of para-hydroxylation sites is 3. The van der Waals surface area contributed by atoms with Crippen LogP contribution in [0.3, 0.4) is 0 Å². The van der Waals surface area contributed by atoms with Gasteiger partial charge in [-0.2, -0.15) is 0 Å². The van der Waals surface area contributed by atoms with Crippen LogP contribution in [0.4, 0.5) is 17.1 Å². The van der Waals surface area contributed by atoms with E-state index in [0.717, 1.165) is 105 Å². The lowest BCUT2D eigenvalue weighted by Crippen LogP contribution is -2.10. The van der Waals surface area contributed by atoms with E-state index in [1.54, 1.807) is 0 Å². The fourth-order valence-electron chi connectivity index (χ4n) is 8.59. The number of fused-ring (bicyclic) bond motifs is 8. The van der Waals surface area contributed by atoms with Crippen molar-refractivity contribution in [2.24, 2.45) is 0 Å². The van der Waals surface area contributed by atoms with Crippen LogP contribution in [0, 0.1) is 0 Å². The SMILES string of the molecule is c1ccc(-c2ccc(N(c3ccccc3)c3cc(-c4nc(-c5ccc6oc7ccccc7c6c5)c5ccccc5n4)c4oc5cc6ccccc6cc5c4c3)cc2)cc1. The number of nitrogens with zero attached hydrogens (tertiary/aromatic N) is 3. The molecule has 59 heavy (non-hydrogen) atoms. The molecule has 0 saturated heterocycles. The van der Waals surface area contributed by atoms with Gasteiger partial charge in [-0.05, 0) is 101 Å². The molecule has 12 rings (SSSR count). The summed E-state index contributed by atoms with van der Waals surface area (Å²) in [6, 6.07) is 69.8. The minimum absolute atomic E-state index is 0.582. The Bertz CT molecular complexity index is 3550. The van der Waals surface area contributed by atoms with Crippen LogP contribution in [0.15, 0.2) is 209 Å². The first kappa shape index (κ1) is 33.2. The summed E-state index contributed by atoms with van der Waals surface area (Å²) in [5.74, 6) is 0.582. The molecule has 3 aromatic heterocycles. The monoisotopic (exact) mass is 755 g/mol. The first-order chi connectivity index (χ1) is 29.2. The van der Waals surface area contributed by atoms with E-state index >= 15 is 0 Å². The zero-order valence-electron chi connectivity index (χ0n) is 31.7. The lowest BCUT2D eigenvalue weighted by Gasteiger charge is -2.26. The van der Waals surface area contributed by atoms with Crippen LogP contribution in [0.2, 0.25) is 0 Å². The molecule has 3 heterocycles. The molecule has 9 aromatic carbocycles. The number of aromatic nitrogens is 2. The van der Waals surface area contributed by atoms with Crippen molar-refractivity contribution in [3.8, 4) is 33.8 Å². The Morgan fingerprint density at radius 2 is 0.983 bits per heavy atom. The Labute approximate surface area is 339 Å². The molecular weight excluding hydrogens is 723 g/mol. The summed E-state index contributed by atoms with van der Waals surface area (Å²) in [7, 11) is 0. The molecule has 0 saturated carbocycles. The van der Waals surface area contributed by atoms with Crippen LogP contribution in [0.1, 0.15) is 0 Å². The van der Waals surface area contributed by atoms with E-state index in [1.165, 1.54) is 5.56 Å². The van der Waals surface area contributed by atoms with Crippen LogP contribution in [0.25, 0.3) is 99.3 Å². The molecule has 0 radical (unpaired) electrons. The molecule has 0 bridgehead atoms. The summed E-state index contributed by atoms with van der Waals surface area (Å²) < 4.78 is 13.1. The molecule has 5 nitrogen and oxygen atoms in total. The first-order valence-electron chi connectivity index (χ1n) is 19.8. The maximum absolute atomic E-state index is 6.90. The number of anilines is 3. The van der Waals surface area contributed by atoms with Gasteiger partial charge in [0.25, 0.3) is 0 Å². The van der Waals surface area contributed by atoms with Crippen LogP contribution in [-0.2, 0) is 0 Å². The highest BCUT2D eigenvalue weighted by molar-refractivity contribution is 6.15. The average Bonchev–Trinajstić information content (AvgIpc) is 3.86. The Balaban J connectivity index is 1.12. The van der Waals surface area contributed by atoms with Gasteiger partial charge in [0.05, 0.1) is 16.8 Å². The minimum Gasteiger partial charge on any atom is -0.456 e. The van der Waals surface area contributed by atoms with Gasteiger partial charge in [0.1, 0.15) is 22.3 Å². The highest BCUT2D eigenvalue weighted by Gasteiger charge is 2.23. The third-order valence-corrected chi connectivity index (χ3v) is 11.4. The summed E-state index contributed by atoms with van der Waals surface area (Å²) in [5, 5.41) is 7.39. The summed E-state index contributed by atoms with van der Waals surface area (Å²) in [4.78, 5) is 13.1. The van der Waals surface area contributed by atoms with E-state index in [9.17, 15) is 0 Å². The maximum Gasteiger partial charge on any atom is 0.164 e. The van der Waals surface area contributed by atoms with Gasteiger partial charge in [0.15, 0.2) is 5.82 Å². The largest absolute Gasteiger partial charge is 0.456 e. The molecular formula is C54H33N3O2. The number of benzene rings is 9. The Hall–Kier alpha value is -8.02. The van der Waals surface area contributed by atoms with Gasteiger partial charge >= 0.3 is 0 Å². The predicted octanol–water partition coefficient (Wildman–Crippen LogP) is 15.1. The quantitative estimate of drug-likeness (QED) is 0.169. The van der Waals surface area contributed by atoms with Crippen molar-refractivity contribution >= 4 is 82.6 Å². The van der Waals surface area contributed by atoms with Gasteiger partial charge in [-0.15, -0.1) is 0 Å². The molecule has 0 spiro atoms. The van der Waals surface area contributed by atoms with Crippen LogP contribution in [0.5, 0.6) is 0 Å². The summed E-state index contributed by atoms with van der Waals surface area (Å²) in [5.41, 5.74) is 12.1. The highest BCUT2D eigenvalue weighted by Crippen LogP contribution is 2.45. The Morgan fingerprint density at radius 1 is 0.356 bits per heavy atom. The normalized spacial score (nSPS) is 11.7. The lowest BCUT2D eigenvalue weighted by atomic mass is 10.0. The third-order valence-electron chi connectivity index (χ3n) is 11.4. The fraction of sp³-hybridized carbons (Fsp3) is 0. The zero-order chi connectivity index (χ0) is 38.9. The van der Waals surface area contributed by atoms with Crippen LogP contribution in [-0.4, -0.2) is 9.97 Å². The van der Waals surface area contributed by atoms with E-state index in [4.69, 9.17) is 18.8 Å². The minimum atomic E-state index is 0.582. The van der Waals surface area contributed by atoms with Gasteiger partial charge in [-0.1, -0.05) is 121 Å². The van der Waals surface area contributed by atoms with E-state index in [0.29, 0.717) is 5.82 Å². The van der Waals surface area contributed by atoms with E-state index in [-0.39, 0.29) is 0 Å². The van der Waals surface area contributed by atoms with E-state index in [1.807, 2.05) is 42.5 Å². The van der Waals surface area contributed by atoms with Crippen LogP contribution >= 0.6 is 0 Å². The van der Waals surface area contributed by atoms with Crippen molar-refractivity contribution in [3.63, 3.8) is 0 Å². The van der Waals surface area contributed by atoms with E-state index < -0.39 is 0 Å². The molecule has 12 aromatic rings. The zero-order valence-corrected chi connectivity index (χ0v) is 31.7. The molecule has 0 atom stereocenters. The molecule has 0 amide bonds. The Morgan fingerprint density at radius 3 is 1.81 bits per heavy atom. The molecule has 0 fully saturated rings. The smallest absolute Gasteiger partial charge is 0.164 e. The lowest BCUT2D eigenvalue weighted by molar-refractivity contribution is 0.669. The standard InChI is InChI=1S/C54H33N3O2/c1-3-13-34(14-4-1)35-23-26-40(27-24-35)57(39-17-5-2-6-18-39)41-32-46-45-29-36-15-7-8-16-37(36)31-51(45)59-53(46)47(33-41)54-55-48-21-11-9-20-43(48)52(56-54)38-25-28-50-44(30-38)42-19-10-12-22-49(42)58-50/h1-33H. The summed E-state index contributed by atoms with van der Waals surface area (Å²) in [6.45, 7) is 0.